The highest BCUT2D eigenvalue weighted by Gasteiger charge is 2.21. The zero-order valence-corrected chi connectivity index (χ0v) is 10.5. The summed E-state index contributed by atoms with van der Waals surface area (Å²) < 4.78 is 0. The van der Waals surface area contributed by atoms with Crippen LogP contribution in [0.5, 0.6) is 0 Å². The normalized spacial score (nSPS) is 17.6. The average molecular weight is 244 g/mol. The molecule has 1 aliphatic heterocycles. The van der Waals surface area contributed by atoms with Gasteiger partial charge in [-0.05, 0) is 36.6 Å². The molecule has 17 heavy (non-hydrogen) atoms. The second kappa shape index (κ2) is 4.08. The van der Waals surface area contributed by atoms with E-state index in [4.69, 9.17) is 11.6 Å². The van der Waals surface area contributed by atoms with Gasteiger partial charge in [-0.15, -0.1) is 0 Å². The van der Waals surface area contributed by atoms with E-state index in [1.807, 2.05) is 12.1 Å². The molecule has 86 valence electrons. The molecule has 0 amide bonds. The topological polar surface area (TPSA) is 12.0 Å². The summed E-state index contributed by atoms with van der Waals surface area (Å²) in [6.07, 6.45) is 1.04. The minimum atomic E-state index is 0.378. The summed E-state index contributed by atoms with van der Waals surface area (Å²) in [6, 6.07) is 15.1. The second-order valence-electron chi connectivity index (χ2n) is 4.62. The predicted octanol–water partition coefficient (Wildman–Crippen LogP) is 4.36. The van der Waals surface area contributed by atoms with E-state index < -0.39 is 0 Å². The van der Waals surface area contributed by atoms with Crippen molar-refractivity contribution in [3.8, 4) is 0 Å². The van der Waals surface area contributed by atoms with Gasteiger partial charge >= 0.3 is 0 Å². The lowest BCUT2D eigenvalue weighted by atomic mass is 10.0. The number of halogens is 1. The number of anilines is 1. The predicted molar refractivity (Wildman–Crippen MR) is 72.7 cm³/mol. The fraction of sp³-hybridized carbons (Fsp3) is 0.200. The van der Waals surface area contributed by atoms with Crippen LogP contribution in [0.25, 0.3) is 0 Å². The van der Waals surface area contributed by atoms with Crippen LogP contribution in [0.3, 0.4) is 0 Å². The largest absolute Gasteiger partial charge is 0.378 e. The Bertz CT molecular complexity index is 563. The third-order valence-electron chi connectivity index (χ3n) is 3.27. The van der Waals surface area contributed by atoms with Crippen LogP contribution in [0.1, 0.15) is 22.7 Å². The molecule has 0 bridgehead atoms. The number of benzene rings is 2. The van der Waals surface area contributed by atoms with Gasteiger partial charge in [-0.1, -0.05) is 47.5 Å². The van der Waals surface area contributed by atoms with Gasteiger partial charge in [0, 0.05) is 10.7 Å². The van der Waals surface area contributed by atoms with Gasteiger partial charge in [-0.2, -0.15) is 0 Å². The van der Waals surface area contributed by atoms with Gasteiger partial charge in [0.2, 0.25) is 0 Å². The third-order valence-corrected chi connectivity index (χ3v) is 3.51. The molecule has 1 heterocycles. The summed E-state index contributed by atoms with van der Waals surface area (Å²) in [6.45, 7) is 2.13. The number of aryl methyl sites for hydroxylation is 1. The Morgan fingerprint density at radius 1 is 1.18 bits per heavy atom. The molecule has 0 aliphatic carbocycles. The smallest absolute Gasteiger partial charge is 0.0555 e. The molecular weight excluding hydrogens is 230 g/mol. The molecule has 3 rings (SSSR count). The van der Waals surface area contributed by atoms with Crippen molar-refractivity contribution in [2.75, 3.05) is 5.32 Å². The van der Waals surface area contributed by atoms with Gasteiger partial charge < -0.3 is 5.32 Å². The van der Waals surface area contributed by atoms with E-state index in [1.165, 1.54) is 22.4 Å². The van der Waals surface area contributed by atoms with Crippen LogP contribution in [0.15, 0.2) is 42.5 Å². The van der Waals surface area contributed by atoms with E-state index in [2.05, 4.69) is 42.6 Å². The summed E-state index contributed by atoms with van der Waals surface area (Å²) in [7, 11) is 0. The van der Waals surface area contributed by atoms with Gasteiger partial charge in [-0.25, -0.2) is 0 Å². The Balaban J connectivity index is 1.91. The molecule has 2 aromatic carbocycles. The summed E-state index contributed by atoms with van der Waals surface area (Å²) in [5.41, 5.74) is 5.17. The maximum Gasteiger partial charge on any atom is 0.0555 e. The fourth-order valence-corrected chi connectivity index (χ4v) is 2.58. The van der Waals surface area contributed by atoms with E-state index in [0.29, 0.717) is 6.04 Å². The van der Waals surface area contributed by atoms with Crippen molar-refractivity contribution in [3.05, 3.63) is 64.2 Å². The first-order valence-electron chi connectivity index (χ1n) is 5.84. The van der Waals surface area contributed by atoms with Gasteiger partial charge in [0.1, 0.15) is 0 Å². The van der Waals surface area contributed by atoms with Crippen LogP contribution in [-0.2, 0) is 6.42 Å². The standard InChI is InChI=1S/C15H14ClN/c1-10-3-2-4-11(7-10)14-8-12-5-6-13(16)9-15(12)17-14/h2-7,9,14,17H,8H2,1H3. The van der Waals surface area contributed by atoms with Crippen molar-refractivity contribution < 1.29 is 0 Å². The number of nitrogens with one attached hydrogen (secondary N) is 1. The highest BCUT2D eigenvalue weighted by molar-refractivity contribution is 6.30. The second-order valence-corrected chi connectivity index (χ2v) is 5.05. The Hall–Kier alpha value is -1.47. The lowest BCUT2D eigenvalue weighted by molar-refractivity contribution is 0.823. The van der Waals surface area contributed by atoms with Crippen LogP contribution in [0, 0.1) is 6.92 Å². The van der Waals surface area contributed by atoms with Gasteiger partial charge in [0.25, 0.3) is 0 Å². The van der Waals surface area contributed by atoms with E-state index in [9.17, 15) is 0 Å². The fourth-order valence-electron chi connectivity index (χ4n) is 2.41. The van der Waals surface area contributed by atoms with Crippen molar-refractivity contribution in [2.45, 2.75) is 19.4 Å². The van der Waals surface area contributed by atoms with Crippen molar-refractivity contribution in [2.24, 2.45) is 0 Å². The van der Waals surface area contributed by atoms with Crippen LogP contribution < -0.4 is 5.32 Å². The molecule has 1 aliphatic rings. The molecule has 1 atom stereocenters. The van der Waals surface area contributed by atoms with E-state index in [1.54, 1.807) is 0 Å². The number of fused-ring (bicyclic) bond motifs is 1. The molecule has 1 nitrogen and oxygen atoms in total. The molecule has 2 heteroatoms. The highest BCUT2D eigenvalue weighted by Crippen LogP contribution is 2.35. The molecular formula is C15H14ClN. The summed E-state index contributed by atoms with van der Waals surface area (Å²) in [5, 5.41) is 4.33. The molecule has 0 saturated carbocycles. The first-order chi connectivity index (χ1) is 8.22. The van der Waals surface area contributed by atoms with Crippen LogP contribution >= 0.6 is 11.6 Å². The number of hydrogen-bond donors (Lipinski definition) is 1. The zero-order valence-electron chi connectivity index (χ0n) is 9.70. The first-order valence-corrected chi connectivity index (χ1v) is 6.22. The Labute approximate surface area is 106 Å². The Morgan fingerprint density at radius 2 is 2.06 bits per heavy atom. The SMILES string of the molecule is Cc1cccc(C2Cc3ccc(Cl)cc3N2)c1. The van der Waals surface area contributed by atoms with Crippen molar-refractivity contribution in [1.82, 2.24) is 0 Å². The van der Waals surface area contributed by atoms with Gasteiger partial charge in [-0.3, -0.25) is 0 Å². The lowest BCUT2D eigenvalue weighted by Crippen LogP contribution is -2.05. The summed E-state index contributed by atoms with van der Waals surface area (Å²) in [4.78, 5) is 0. The molecule has 0 radical (unpaired) electrons. The van der Waals surface area contributed by atoms with Crippen molar-refractivity contribution >= 4 is 17.3 Å². The molecule has 0 saturated heterocycles. The van der Waals surface area contributed by atoms with Gasteiger partial charge in [0.05, 0.1) is 6.04 Å². The molecule has 0 spiro atoms. The minimum absolute atomic E-state index is 0.378. The minimum Gasteiger partial charge on any atom is -0.378 e. The molecule has 0 fully saturated rings. The Kier molecular flexibility index (Phi) is 2.56. The van der Waals surface area contributed by atoms with Crippen LogP contribution in [0.2, 0.25) is 5.02 Å². The summed E-state index contributed by atoms with van der Waals surface area (Å²) in [5.74, 6) is 0. The zero-order chi connectivity index (χ0) is 11.8. The monoisotopic (exact) mass is 243 g/mol. The quantitative estimate of drug-likeness (QED) is 0.785. The maximum atomic E-state index is 6.00. The van der Waals surface area contributed by atoms with Crippen LogP contribution in [0.4, 0.5) is 5.69 Å². The number of hydrogen-bond acceptors (Lipinski definition) is 1. The first kappa shape index (κ1) is 10.7. The van der Waals surface area contributed by atoms with Gasteiger partial charge in [0.15, 0.2) is 0 Å². The van der Waals surface area contributed by atoms with Crippen molar-refractivity contribution in [1.29, 1.82) is 0 Å². The number of rotatable bonds is 1. The molecule has 2 aromatic rings. The van der Waals surface area contributed by atoms with E-state index >= 15 is 0 Å². The maximum absolute atomic E-state index is 6.00. The molecule has 1 unspecified atom stereocenters. The van der Waals surface area contributed by atoms with E-state index in [-0.39, 0.29) is 0 Å². The summed E-state index contributed by atoms with van der Waals surface area (Å²) >= 11 is 6.00. The van der Waals surface area contributed by atoms with E-state index in [0.717, 1.165) is 11.4 Å². The lowest BCUT2D eigenvalue weighted by Gasteiger charge is -2.12. The third kappa shape index (κ3) is 2.03. The Morgan fingerprint density at radius 3 is 2.88 bits per heavy atom. The molecule has 1 N–H and O–H groups in total. The van der Waals surface area contributed by atoms with Crippen LogP contribution in [-0.4, -0.2) is 0 Å². The molecule has 0 aromatic heterocycles. The highest BCUT2D eigenvalue weighted by atomic mass is 35.5. The average Bonchev–Trinajstić information content (AvgIpc) is 2.72. The van der Waals surface area contributed by atoms with Crippen molar-refractivity contribution in [3.63, 3.8) is 0 Å².